The van der Waals surface area contributed by atoms with Crippen molar-refractivity contribution in [3.8, 4) is 16.9 Å². The van der Waals surface area contributed by atoms with Gasteiger partial charge in [0, 0.05) is 11.3 Å². The molecule has 6 nitrogen and oxygen atoms in total. The summed E-state index contributed by atoms with van der Waals surface area (Å²) < 4.78 is 10.9. The first-order valence-corrected chi connectivity index (χ1v) is 12.4. The molecule has 1 amide bonds. The summed E-state index contributed by atoms with van der Waals surface area (Å²) in [7, 11) is 1.65. The summed E-state index contributed by atoms with van der Waals surface area (Å²) >= 11 is 0. The number of ether oxygens (including phenoxy) is 2. The Morgan fingerprint density at radius 3 is 2.17 bits per heavy atom. The second-order valence-electron chi connectivity index (χ2n) is 10.6. The molecule has 0 radical (unpaired) electrons. The van der Waals surface area contributed by atoms with E-state index in [4.69, 9.17) is 9.47 Å². The zero-order valence-electron chi connectivity index (χ0n) is 20.4. The number of hydrogen-bond donors (Lipinski definition) is 2. The van der Waals surface area contributed by atoms with Crippen LogP contribution in [0.2, 0.25) is 0 Å². The maximum absolute atomic E-state index is 12.8. The molecule has 4 aliphatic rings. The minimum Gasteiger partial charge on any atom is -0.497 e. The lowest BCUT2D eigenvalue weighted by Gasteiger charge is -2.72. The van der Waals surface area contributed by atoms with Crippen molar-refractivity contribution in [3.63, 3.8) is 0 Å². The minimum absolute atomic E-state index is 0.00704. The van der Waals surface area contributed by atoms with E-state index in [0.717, 1.165) is 52.8 Å². The van der Waals surface area contributed by atoms with Crippen LogP contribution < -0.4 is 10.1 Å². The largest absolute Gasteiger partial charge is 0.497 e. The van der Waals surface area contributed by atoms with Gasteiger partial charge in [-0.1, -0.05) is 54.6 Å². The first-order valence-electron chi connectivity index (χ1n) is 12.4. The number of aliphatic carboxylic acids is 1. The van der Waals surface area contributed by atoms with E-state index in [1.165, 1.54) is 5.56 Å². The van der Waals surface area contributed by atoms with Crippen molar-refractivity contribution >= 4 is 12.1 Å². The number of benzene rings is 3. The third-order valence-electron chi connectivity index (χ3n) is 8.54. The molecule has 3 fully saturated rings. The molecule has 4 aliphatic carbocycles. The van der Waals surface area contributed by atoms with Crippen molar-refractivity contribution in [2.24, 2.45) is 5.41 Å². The van der Waals surface area contributed by atoms with Gasteiger partial charge in [-0.05, 0) is 77.1 Å². The summed E-state index contributed by atoms with van der Waals surface area (Å²) in [5.41, 5.74) is 6.51. The molecule has 7 rings (SSSR count). The lowest BCUT2D eigenvalue weighted by atomic mass is 9.31. The molecule has 3 aromatic carbocycles. The minimum atomic E-state index is -1.01. The molecule has 0 aromatic heterocycles. The standard InChI is InChI=1S/C30H29NO5/c1-18-13-19(35-2)11-12-25(18)29-15-30(16-29,17-29)26(27(32)33)31-28(34)36-14-24-22-9-5-3-7-20(22)21-8-4-6-10-23(21)24/h3-13,24,26H,14-17H2,1-2H3,(H,31,34)(H,32,33). The molecule has 0 heterocycles. The molecule has 1 atom stereocenters. The molecule has 0 saturated heterocycles. The second kappa shape index (κ2) is 8.12. The Labute approximate surface area is 210 Å². The SMILES string of the molecule is COc1ccc(C23CC(C(NC(=O)OCC4c5ccccc5-c5ccccc54)C(=O)O)(C2)C3)c(C)c1. The van der Waals surface area contributed by atoms with Crippen molar-refractivity contribution in [1.29, 1.82) is 0 Å². The van der Waals surface area contributed by atoms with Crippen molar-refractivity contribution in [2.75, 3.05) is 13.7 Å². The number of nitrogens with one attached hydrogen (secondary N) is 1. The van der Waals surface area contributed by atoms with Crippen LogP contribution in [-0.4, -0.2) is 36.9 Å². The van der Waals surface area contributed by atoms with E-state index >= 15 is 0 Å². The topological polar surface area (TPSA) is 84.9 Å². The molecule has 3 aromatic rings. The van der Waals surface area contributed by atoms with Crippen LogP contribution in [0.3, 0.4) is 0 Å². The lowest BCUT2D eigenvalue weighted by molar-refractivity contribution is -0.183. The average molecular weight is 484 g/mol. The molecular weight excluding hydrogens is 454 g/mol. The summed E-state index contributed by atoms with van der Waals surface area (Å²) in [5.74, 6) is -0.260. The highest BCUT2D eigenvalue weighted by Gasteiger charge is 2.72. The Bertz CT molecular complexity index is 1310. The number of fused-ring (bicyclic) bond motifs is 3. The van der Waals surface area contributed by atoms with Crippen LogP contribution in [0.4, 0.5) is 4.79 Å². The molecule has 36 heavy (non-hydrogen) atoms. The number of methoxy groups -OCH3 is 1. The van der Waals surface area contributed by atoms with E-state index in [0.29, 0.717) is 0 Å². The van der Waals surface area contributed by atoms with Crippen LogP contribution in [0.15, 0.2) is 66.7 Å². The summed E-state index contributed by atoms with van der Waals surface area (Å²) in [5, 5.41) is 12.7. The fourth-order valence-corrected chi connectivity index (χ4v) is 7.05. The van der Waals surface area contributed by atoms with E-state index in [-0.39, 0.29) is 17.9 Å². The van der Waals surface area contributed by atoms with Crippen LogP contribution in [0.25, 0.3) is 11.1 Å². The number of carbonyl (C=O) groups is 2. The predicted molar refractivity (Wildman–Crippen MR) is 135 cm³/mol. The van der Waals surface area contributed by atoms with E-state index in [2.05, 4.69) is 42.6 Å². The van der Waals surface area contributed by atoms with E-state index in [9.17, 15) is 14.7 Å². The van der Waals surface area contributed by atoms with Crippen molar-refractivity contribution in [1.82, 2.24) is 5.32 Å². The molecule has 2 bridgehead atoms. The maximum Gasteiger partial charge on any atom is 0.407 e. The van der Waals surface area contributed by atoms with Crippen LogP contribution >= 0.6 is 0 Å². The number of hydrogen-bond acceptors (Lipinski definition) is 4. The van der Waals surface area contributed by atoms with Gasteiger partial charge in [-0.15, -0.1) is 0 Å². The molecule has 3 saturated carbocycles. The summed E-state index contributed by atoms with van der Waals surface area (Å²) in [6.45, 7) is 2.22. The van der Waals surface area contributed by atoms with E-state index in [1.54, 1.807) is 7.11 Å². The Morgan fingerprint density at radius 1 is 1.00 bits per heavy atom. The van der Waals surface area contributed by atoms with Gasteiger partial charge in [0.25, 0.3) is 0 Å². The van der Waals surface area contributed by atoms with Gasteiger partial charge in [0.05, 0.1) is 7.11 Å². The number of carboxylic acids is 1. The zero-order valence-corrected chi connectivity index (χ0v) is 20.4. The average Bonchev–Trinajstić information content (AvgIpc) is 3.15. The fourth-order valence-electron chi connectivity index (χ4n) is 7.05. The Kier molecular flexibility index (Phi) is 5.11. The van der Waals surface area contributed by atoms with E-state index in [1.807, 2.05) is 36.4 Å². The van der Waals surface area contributed by atoms with Crippen LogP contribution in [0, 0.1) is 12.3 Å². The van der Waals surface area contributed by atoms with Gasteiger partial charge in [-0.3, -0.25) is 0 Å². The smallest absolute Gasteiger partial charge is 0.407 e. The highest BCUT2D eigenvalue weighted by molar-refractivity contribution is 5.82. The van der Waals surface area contributed by atoms with Crippen LogP contribution in [-0.2, 0) is 14.9 Å². The van der Waals surface area contributed by atoms with E-state index < -0.39 is 23.5 Å². The van der Waals surface area contributed by atoms with Gasteiger partial charge < -0.3 is 19.9 Å². The molecule has 0 aliphatic heterocycles. The van der Waals surface area contributed by atoms with Crippen molar-refractivity contribution in [3.05, 3.63) is 89.0 Å². The maximum atomic E-state index is 12.8. The van der Waals surface area contributed by atoms with Crippen LogP contribution in [0.1, 0.15) is 47.4 Å². The molecule has 0 spiro atoms. The first-order chi connectivity index (χ1) is 17.4. The summed E-state index contributed by atoms with van der Waals surface area (Å²) in [4.78, 5) is 25.0. The van der Waals surface area contributed by atoms with Crippen LogP contribution in [0.5, 0.6) is 5.75 Å². The van der Waals surface area contributed by atoms with Gasteiger partial charge in [-0.25, -0.2) is 9.59 Å². The van der Waals surface area contributed by atoms with Crippen molar-refractivity contribution < 1.29 is 24.2 Å². The predicted octanol–water partition coefficient (Wildman–Crippen LogP) is 5.42. The highest BCUT2D eigenvalue weighted by Crippen LogP contribution is 2.75. The number of amides is 1. The number of carboxylic acid groups (broad SMARTS) is 1. The molecule has 1 unspecified atom stereocenters. The normalized spacial score (nSPS) is 23.9. The Morgan fingerprint density at radius 2 is 1.61 bits per heavy atom. The summed E-state index contributed by atoms with van der Waals surface area (Å²) in [6, 6.07) is 21.4. The van der Waals surface area contributed by atoms with Gasteiger partial charge in [0.15, 0.2) is 0 Å². The molecule has 6 heteroatoms. The first kappa shape index (κ1) is 22.7. The fraction of sp³-hybridized carbons (Fsp3) is 0.333. The Balaban J connectivity index is 1.12. The number of rotatable bonds is 7. The number of carbonyl (C=O) groups excluding carboxylic acids is 1. The van der Waals surface area contributed by atoms with Gasteiger partial charge in [-0.2, -0.15) is 0 Å². The summed E-state index contributed by atoms with van der Waals surface area (Å²) in [6.07, 6.45) is 1.55. The second-order valence-corrected chi connectivity index (χ2v) is 10.6. The monoisotopic (exact) mass is 483 g/mol. The third-order valence-corrected chi connectivity index (χ3v) is 8.54. The molecule has 184 valence electrons. The zero-order chi connectivity index (χ0) is 25.1. The lowest BCUT2D eigenvalue weighted by Crippen LogP contribution is -2.73. The highest BCUT2D eigenvalue weighted by atomic mass is 16.5. The third kappa shape index (κ3) is 3.31. The number of alkyl carbamates (subject to hydrolysis) is 1. The van der Waals surface area contributed by atoms with Gasteiger partial charge in [0.1, 0.15) is 18.4 Å². The Hall–Kier alpha value is -3.80. The van der Waals surface area contributed by atoms with Gasteiger partial charge in [0.2, 0.25) is 0 Å². The van der Waals surface area contributed by atoms with Gasteiger partial charge >= 0.3 is 12.1 Å². The molecular formula is C30H29NO5. The molecule has 2 N–H and O–H groups in total. The van der Waals surface area contributed by atoms with Crippen molar-refractivity contribution in [2.45, 2.75) is 43.6 Å². The number of aryl methyl sites for hydroxylation is 1. The quantitative estimate of drug-likeness (QED) is 0.469.